The number of aromatic nitrogens is 1. The second kappa shape index (κ2) is 7.51. The Labute approximate surface area is 141 Å². The average molecular weight is 327 g/mol. The van der Waals surface area contributed by atoms with Crippen molar-refractivity contribution >= 4 is 23.5 Å². The molecule has 2 aromatic rings. The van der Waals surface area contributed by atoms with E-state index in [9.17, 15) is 4.79 Å². The minimum absolute atomic E-state index is 0.00786. The Kier molecular flexibility index (Phi) is 5.18. The summed E-state index contributed by atoms with van der Waals surface area (Å²) in [7, 11) is 0. The van der Waals surface area contributed by atoms with E-state index in [2.05, 4.69) is 34.6 Å². The highest BCUT2D eigenvalue weighted by molar-refractivity contribution is 7.99. The van der Waals surface area contributed by atoms with Gasteiger partial charge in [0.1, 0.15) is 0 Å². The molecular weight excluding hydrogens is 306 g/mol. The van der Waals surface area contributed by atoms with Crippen molar-refractivity contribution in [2.24, 2.45) is 5.92 Å². The Bertz CT molecular complexity index is 662. The monoisotopic (exact) mass is 327 g/mol. The fourth-order valence-corrected chi connectivity index (χ4v) is 3.74. The summed E-state index contributed by atoms with van der Waals surface area (Å²) >= 11 is 1.87. The van der Waals surface area contributed by atoms with E-state index in [1.54, 1.807) is 12.4 Å². The van der Waals surface area contributed by atoms with Crippen molar-refractivity contribution in [3.63, 3.8) is 0 Å². The van der Waals surface area contributed by atoms with Gasteiger partial charge in [0.2, 0.25) is 0 Å². The number of pyridine rings is 1. The van der Waals surface area contributed by atoms with Crippen LogP contribution in [0, 0.1) is 12.8 Å². The van der Waals surface area contributed by atoms with Crippen molar-refractivity contribution in [1.29, 1.82) is 0 Å². The highest BCUT2D eigenvalue weighted by Crippen LogP contribution is 2.26. The van der Waals surface area contributed by atoms with E-state index in [-0.39, 0.29) is 6.03 Å². The predicted molar refractivity (Wildman–Crippen MR) is 94.8 cm³/mol. The van der Waals surface area contributed by atoms with E-state index in [1.807, 2.05) is 35.7 Å². The molecule has 1 atom stereocenters. The van der Waals surface area contributed by atoms with E-state index in [0.29, 0.717) is 5.92 Å². The fraction of sp³-hybridized carbons (Fsp3) is 0.333. The highest BCUT2D eigenvalue weighted by Gasteiger charge is 2.26. The third kappa shape index (κ3) is 4.26. The number of anilines is 1. The molecule has 0 spiro atoms. The van der Waals surface area contributed by atoms with Crippen LogP contribution in [0.5, 0.6) is 0 Å². The highest BCUT2D eigenvalue weighted by atomic mass is 32.2. The van der Waals surface area contributed by atoms with Crippen LogP contribution in [-0.2, 0) is 0 Å². The summed E-state index contributed by atoms with van der Waals surface area (Å²) in [4.78, 5) is 19.6. The molecule has 0 aliphatic carbocycles. The van der Waals surface area contributed by atoms with Gasteiger partial charge in [-0.3, -0.25) is 4.98 Å². The third-order valence-corrected chi connectivity index (χ3v) is 5.31. The lowest BCUT2D eigenvalue weighted by molar-refractivity contribution is 0.221. The summed E-state index contributed by atoms with van der Waals surface area (Å²) in [6.07, 6.45) is 4.54. The minimum Gasteiger partial charge on any atom is -0.324 e. The second-order valence-corrected chi connectivity index (χ2v) is 6.94. The maximum absolute atomic E-state index is 12.4. The first-order valence-electron chi connectivity index (χ1n) is 7.87. The first kappa shape index (κ1) is 15.9. The molecule has 0 bridgehead atoms. The Hall–Kier alpha value is -2.01. The van der Waals surface area contributed by atoms with Crippen LogP contribution in [-0.4, -0.2) is 34.8 Å². The van der Waals surface area contributed by atoms with Crippen LogP contribution in [0.2, 0.25) is 0 Å². The molecule has 120 valence electrons. The molecular formula is C18H21N3OS. The number of nitrogens with zero attached hydrogens (tertiary/aromatic N) is 2. The number of hydrogen-bond donors (Lipinski definition) is 1. The van der Waals surface area contributed by atoms with Crippen molar-refractivity contribution in [2.75, 3.05) is 24.2 Å². The van der Waals surface area contributed by atoms with Gasteiger partial charge in [-0.1, -0.05) is 18.2 Å². The van der Waals surface area contributed by atoms with E-state index >= 15 is 0 Å². The lowest BCUT2D eigenvalue weighted by Gasteiger charge is -2.18. The number of nitrogens with one attached hydrogen (secondary N) is 1. The van der Waals surface area contributed by atoms with Gasteiger partial charge in [0, 0.05) is 41.8 Å². The van der Waals surface area contributed by atoms with Crippen molar-refractivity contribution in [2.45, 2.75) is 18.2 Å². The first-order chi connectivity index (χ1) is 11.2. The molecule has 5 heteroatoms. The Morgan fingerprint density at radius 3 is 2.96 bits per heavy atom. The standard InChI is InChI=1S/C18H21N3OS/c1-14-11-19-9-7-17(14)20-18(22)21-10-8-15(12-21)13-23-16-5-3-2-4-6-16/h2-7,9,11,15H,8,10,12-13H2,1H3,(H,19,20,22). The molecule has 2 heterocycles. The molecule has 23 heavy (non-hydrogen) atoms. The largest absolute Gasteiger partial charge is 0.324 e. The van der Waals surface area contributed by atoms with E-state index < -0.39 is 0 Å². The number of amides is 2. The number of benzene rings is 1. The molecule has 2 amide bonds. The molecule has 1 aromatic carbocycles. The molecule has 0 radical (unpaired) electrons. The number of aryl methyl sites for hydroxylation is 1. The number of rotatable bonds is 4. The molecule has 0 saturated carbocycles. The predicted octanol–water partition coefficient (Wildman–Crippen LogP) is 4.04. The van der Waals surface area contributed by atoms with Gasteiger partial charge < -0.3 is 10.2 Å². The number of hydrogen-bond acceptors (Lipinski definition) is 3. The van der Waals surface area contributed by atoms with Gasteiger partial charge >= 0.3 is 6.03 Å². The van der Waals surface area contributed by atoms with Crippen LogP contribution in [0.15, 0.2) is 53.7 Å². The molecule has 1 N–H and O–H groups in total. The SMILES string of the molecule is Cc1cnccc1NC(=O)N1CCC(CSc2ccccc2)C1. The number of thioether (sulfide) groups is 1. The molecule has 1 aliphatic rings. The zero-order valence-electron chi connectivity index (χ0n) is 13.2. The summed E-state index contributed by atoms with van der Waals surface area (Å²) < 4.78 is 0. The summed E-state index contributed by atoms with van der Waals surface area (Å²) in [5.41, 5.74) is 1.82. The number of carbonyl (C=O) groups excluding carboxylic acids is 1. The summed E-state index contributed by atoms with van der Waals surface area (Å²) in [6, 6.07) is 12.3. The summed E-state index contributed by atoms with van der Waals surface area (Å²) in [5.74, 6) is 1.62. The average Bonchev–Trinajstić information content (AvgIpc) is 3.05. The lowest BCUT2D eigenvalue weighted by Crippen LogP contribution is -2.33. The molecule has 3 rings (SSSR count). The number of likely N-dealkylation sites (tertiary alicyclic amines) is 1. The summed E-state index contributed by atoms with van der Waals surface area (Å²) in [6.45, 7) is 3.61. The summed E-state index contributed by atoms with van der Waals surface area (Å²) in [5, 5.41) is 2.99. The van der Waals surface area contributed by atoms with Crippen molar-refractivity contribution in [3.8, 4) is 0 Å². The van der Waals surface area contributed by atoms with Crippen LogP contribution in [0.1, 0.15) is 12.0 Å². The number of urea groups is 1. The maximum Gasteiger partial charge on any atom is 0.321 e. The molecule has 1 aromatic heterocycles. The molecule has 1 fully saturated rings. The van der Waals surface area contributed by atoms with E-state index in [0.717, 1.165) is 36.5 Å². The zero-order valence-corrected chi connectivity index (χ0v) is 14.1. The van der Waals surface area contributed by atoms with Crippen molar-refractivity contribution < 1.29 is 4.79 Å². The van der Waals surface area contributed by atoms with Crippen molar-refractivity contribution in [1.82, 2.24) is 9.88 Å². The smallest absolute Gasteiger partial charge is 0.321 e. The van der Waals surface area contributed by atoms with Gasteiger partial charge in [0.15, 0.2) is 0 Å². The Morgan fingerprint density at radius 2 is 2.17 bits per heavy atom. The second-order valence-electron chi connectivity index (χ2n) is 5.85. The van der Waals surface area contributed by atoms with Gasteiger partial charge in [-0.2, -0.15) is 0 Å². The molecule has 4 nitrogen and oxygen atoms in total. The zero-order chi connectivity index (χ0) is 16.1. The quantitative estimate of drug-likeness (QED) is 0.862. The van der Waals surface area contributed by atoms with E-state index in [4.69, 9.17) is 0 Å². The van der Waals surface area contributed by atoms with Gasteiger partial charge in [-0.05, 0) is 43.0 Å². The lowest BCUT2D eigenvalue weighted by atomic mass is 10.2. The Balaban J connectivity index is 1.49. The van der Waals surface area contributed by atoms with Gasteiger partial charge in [0.05, 0.1) is 0 Å². The van der Waals surface area contributed by atoms with Crippen LogP contribution in [0.4, 0.5) is 10.5 Å². The molecule has 1 aliphatic heterocycles. The van der Waals surface area contributed by atoms with Crippen molar-refractivity contribution in [3.05, 3.63) is 54.4 Å². The van der Waals surface area contributed by atoms with Crippen LogP contribution in [0.25, 0.3) is 0 Å². The van der Waals surface area contributed by atoms with Crippen LogP contribution >= 0.6 is 11.8 Å². The fourth-order valence-electron chi connectivity index (χ4n) is 2.69. The van der Waals surface area contributed by atoms with Gasteiger partial charge in [-0.25, -0.2) is 4.79 Å². The topological polar surface area (TPSA) is 45.2 Å². The Morgan fingerprint density at radius 1 is 1.35 bits per heavy atom. The third-order valence-electron chi connectivity index (χ3n) is 4.06. The van der Waals surface area contributed by atoms with Crippen LogP contribution < -0.4 is 5.32 Å². The maximum atomic E-state index is 12.4. The minimum atomic E-state index is -0.00786. The van der Waals surface area contributed by atoms with Gasteiger partial charge in [-0.15, -0.1) is 11.8 Å². The molecule has 1 unspecified atom stereocenters. The normalized spacial score (nSPS) is 17.3. The first-order valence-corrected chi connectivity index (χ1v) is 8.85. The van der Waals surface area contributed by atoms with Crippen LogP contribution in [0.3, 0.4) is 0 Å². The molecule has 1 saturated heterocycles. The number of carbonyl (C=O) groups is 1. The van der Waals surface area contributed by atoms with Gasteiger partial charge in [0.25, 0.3) is 0 Å². The van der Waals surface area contributed by atoms with E-state index in [1.165, 1.54) is 4.90 Å².